The second-order valence-corrected chi connectivity index (χ2v) is 9.86. The number of ether oxygens (including phenoxy) is 2. The maximum Gasteiger partial charge on any atom is 0.291 e. The summed E-state index contributed by atoms with van der Waals surface area (Å²) in [5.41, 5.74) is 3.07. The largest absolute Gasteiger partial charge is 0.456 e. The first-order chi connectivity index (χ1) is 19.1. The first kappa shape index (κ1) is 24.8. The van der Waals surface area contributed by atoms with E-state index in [9.17, 15) is 4.79 Å². The van der Waals surface area contributed by atoms with E-state index in [-0.39, 0.29) is 30.4 Å². The predicted octanol–water partition coefficient (Wildman–Crippen LogP) is 6.92. The average molecular weight is 519 g/mol. The summed E-state index contributed by atoms with van der Waals surface area (Å²) in [6.07, 6.45) is 0.615. The molecular weight excluding hydrogens is 488 g/mol. The minimum Gasteiger partial charge on any atom is -0.456 e. The molecule has 0 bridgehead atoms. The summed E-state index contributed by atoms with van der Waals surface area (Å²) in [6.45, 7) is 3.15. The highest BCUT2D eigenvalue weighted by Gasteiger charge is 2.25. The van der Waals surface area contributed by atoms with Crippen LogP contribution in [0.3, 0.4) is 0 Å². The van der Waals surface area contributed by atoms with Crippen LogP contribution in [0.25, 0.3) is 10.8 Å². The molecule has 6 nitrogen and oxygen atoms in total. The molecule has 2 atom stereocenters. The minimum absolute atomic E-state index is 0.0659. The van der Waals surface area contributed by atoms with Crippen molar-refractivity contribution in [2.75, 3.05) is 12.1 Å². The van der Waals surface area contributed by atoms with Crippen LogP contribution in [-0.4, -0.2) is 18.7 Å². The Morgan fingerprint density at radius 2 is 1.62 bits per heavy atom. The van der Waals surface area contributed by atoms with Gasteiger partial charge in [0, 0.05) is 30.6 Å². The molecule has 2 N–H and O–H groups in total. The van der Waals surface area contributed by atoms with Gasteiger partial charge in [-0.05, 0) is 71.3 Å². The molecule has 39 heavy (non-hydrogen) atoms. The van der Waals surface area contributed by atoms with Crippen LogP contribution in [0.2, 0.25) is 0 Å². The number of furan rings is 1. The van der Waals surface area contributed by atoms with Gasteiger partial charge in [0.2, 0.25) is 6.79 Å². The van der Waals surface area contributed by atoms with Gasteiger partial charge in [0.05, 0.1) is 0 Å². The number of benzene rings is 4. The molecule has 5 aromatic rings. The summed E-state index contributed by atoms with van der Waals surface area (Å²) in [5.74, 6) is 2.34. The summed E-state index contributed by atoms with van der Waals surface area (Å²) < 4.78 is 17.2. The first-order valence-corrected chi connectivity index (χ1v) is 13.2. The Kier molecular flexibility index (Phi) is 7.02. The van der Waals surface area contributed by atoms with Crippen LogP contribution in [0.1, 0.15) is 40.3 Å². The van der Waals surface area contributed by atoms with Gasteiger partial charge in [-0.25, -0.2) is 0 Å². The van der Waals surface area contributed by atoms with Gasteiger partial charge in [-0.2, -0.15) is 0 Å². The lowest BCUT2D eigenvalue weighted by atomic mass is 9.88. The Hall–Kier alpha value is -4.55. The normalized spacial score (nSPS) is 13.8. The molecule has 0 aliphatic carbocycles. The number of carbonyl (C=O) groups is 1. The van der Waals surface area contributed by atoms with Crippen molar-refractivity contribution in [1.82, 2.24) is 5.32 Å². The van der Waals surface area contributed by atoms with Gasteiger partial charge >= 0.3 is 0 Å². The predicted molar refractivity (Wildman–Crippen MR) is 152 cm³/mol. The monoisotopic (exact) mass is 518 g/mol. The summed E-state index contributed by atoms with van der Waals surface area (Å²) in [5, 5.41) is 9.07. The molecule has 1 amide bonds. The van der Waals surface area contributed by atoms with Crippen molar-refractivity contribution in [3.05, 3.63) is 126 Å². The Morgan fingerprint density at radius 1 is 0.821 bits per heavy atom. The lowest BCUT2D eigenvalue weighted by Crippen LogP contribution is -2.33. The van der Waals surface area contributed by atoms with Crippen molar-refractivity contribution in [2.24, 2.45) is 0 Å². The number of hydrogen-bond acceptors (Lipinski definition) is 5. The highest BCUT2D eigenvalue weighted by molar-refractivity contribution is 6.02. The van der Waals surface area contributed by atoms with E-state index >= 15 is 0 Å². The summed E-state index contributed by atoms with van der Waals surface area (Å²) >= 11 is 0. The first-order valence-electron chi connectivity index (χ1n) is 13.2. The van der Waals surface area contributed by atoms with Crippen molar-refractivity contribution in [3.63, 3.8) is 0 Å². The zero-order valence-corrected chi connectivity index (χ0v) is 21.7. The SMILES string of the molecule is CC(NCc1ccc2ccccc2c1)C(Cc1ccc(C(=O)Nc2ccccc2)o1)c1ccc2c(c1)OCO2. The molecular formula is C33H30N2O4. The Balaban J connectivity index is 1.20. The number of fused-ring (bicyclic) bond motifs is 2. The fourth-order valence-corrected chi connectivity index (χ4v) is 5.04. The maximum absolute atomic E-state index is 12.7. The smallest absolute Gasteiger partial charge is 0.291 e. The van der Waals surface area contributed by atoms with E-state index in [1.54, 1.807) is 6.07 Å². The van der Waals surface area contributed by atoms with E-state index in [1.807, 2.05) is 48.5 Å². The van der Waals surface area contributed by atoms with Crippen LogP contribution in [0, 0.1) is 0 Å². The van der Waals surface area contributed by atoms with E-state index in [0.29, 0.717) is 6.42 Å². The molecule has 2 unspecified atom stereocenters. The van der Waals surface area contributed by atoms with Gasteiger partial charge in [0.15, 0.2) is 17.3 Å². The molecule has 1 aliphatic heterocycles. The van der Waals surface area contributed by atoms with Crippen LogP contribution in [-0.2, 0) is 13.0 Å². The van der Waals surface area contributed by atoms with Crippen molar-refractivity contribution >= 4 is 22.4 Å². The standard InChI is InChI=1S/C33H30N2O4/c1-22(34-20-23-11-12-24-7-5-6-8-25(24)17-23)29(26-13-15-30-32(18-26)38-21-37-30)19-28-14-16-31(39-28)33(36)35-27-9-3-2-4-10-27/h2-18,22,29,34H,19-21H2,1H3,(H,35,36). The van der Waals surface area contributed by atoms with Crippen molar-refractivity contribution < 1.29 is 18.7 Å². The van der Waals surface area contributed by atoms with E-state index in [2.05, 4.69) is 66.1 Å². The fraction of sp³-hybridized carbons (Fsp3) is 0.182. The zero-order valence-electron chi connectivity index (χ0n) is 21.7. The van der Waals surface area contributed by atoms with Crippen LogP contribution in [0.5, 0.6) is 11.5 Å². The second-order valence-electron chi connectivity index (χ2n) is 9.86. The molecule has 6 heteroatoms. The van der Waals surface area contributed by atoms with Gasteiger partial charge < -0.3 is 24.5 Å². The molecule has 2 heterocycles. The van der Waals surface area contributed by atoms with E-state index < -0.39 is 0 Å². The fourth-order valence-electron chi connectivity index (χ4n) is 5.04. The molecule has 1 aliphatic rings. The quantitative estimate of drug-likeness (QED) is 0.222. The topological polar surface area (TPSA) is 72.7 Å². The van der Waals surface area contributed by atoms with E-state index in [1.165, 1.54) is 16.3 Å². The third-order valence-electron chi connectivity index (χ3n) is 7.21. The molecule has 0 spiro atoms. The van der Waals surface area contributed by atoms with Crippen LogP contribution in [0.4, 0.5) is 5.69 Å². The second kappa shape index (κ2) is 11.1. The van der Waals surface area contributed by atoms with Crippen LogP contribution in [0.15, 0.2) is 108 Å². The van der Waals surface area contributed by atoms with Gasteiger partial charge in [0.25, 0.3) is 5.91 Å². The Morgan fingerprint density at radius 3 is 2.49 bits per heavy atom. The molecule has 0 radical (unpaired) electrons. The molecule has 0 saturated carbocycles. The Bertz CT molecular complexity index is 1590. The summed E-state index contributed by atoms with van der Waals surface area (Å²) in [4.78, 5) is 12.7. The third kappa shape index (κ3) is 5.66. The van der Waals surface area contributed by atoms with Gasteiger partial charge in [0.1, 0.15) is 5.76 Å². The van der Waals surface area contributed by atoms with Crippen molar-refractivity contribution in [1.29, 1.82) is 0 Å². The number of hydrogen-bond donors (Lipinski definition) is 2. The number of rotatable bonds is 9. The lowest BCUT2D eigenvalue weighted by Gasteiger charge is -2.25. The van der Waals surface area contributed by atoms with E-state index in [0.717, 1.165) is 35.1 Å². The number of anilines is 1. The molecule has 0 fully saturated rings. The third-order valence-corrected chi connectivity index (χ3v) is 7.21. The molecule has 1 aromatic heterocycles. The van der Waals surface area contributed by atoms with Crippen LogP contribution < -0.4 is 20.1 Å². The highest BCUT2D eigenvalue weighted by atomic mass is 16.7. The van der Waals surface area contributed by atoms with Crippen molar-refractivity contribution in [3.8, 4) is 11.5 Å². The van der Waals surface area contributed by atoms with Gasteiger partial charge in [-0.1, -0.05) is 60.7 Å². The van der Waals surface area contributed by atoms with Gasteiger partial charge in [-0.3, -0.25) is 4.79 Å². The summed E-state index contributed by atoms with van der Waals surface area (Å²) in [7, 11) is 0. The maximum atomic E-state index is 12.7. The highest BCUT2D eigenvalue weighted by Crippen LogP contribution is 2.36. The summed E-state index contributed by atoms with van der Waals surface area (Å²) in [6, 6.07) is 34.1. The number of nitrogens with one attached hydrogen (secondary N) is 2. The number of carbonyl (C=O) groups excluding carboxylic acids is 1. The molecule has 0 saturated heterocycles. The molecule has 6 rings (SSSR count). The lowest BCUT2D eigenvalue weighted by molar-refractivity contribution is 0.0994. The Labute approximate surface area is 227 Å². The van der Waals surface area contributed by atoms with Crippen molar-refractivity contribution in [2.45, 2.75) is 31.8 Å². The van der Waals surface area contributed by atoms with Gasteiger partial charge in [-0.15, -0.1) is 0 Å². The minimum atomic E-state index is -0.269. The molecule has 4 aromatic carbocycles. The average Bonchev–Trinajstić information content (AvgIpc) is 3.64. The van der Waals surface area contributed by atoms with Crippen LogP contribution >= 0.6 is 0 Å². The van der Waals surface area contributed by atoms with E-state index in [4.69, 9.17) is 13.9 Å². The zero-order chi connectivity index (χ0) is 26.6. The molecule has 196 valence electrons. The number of para-hydroxylation sites is 1. The number of amides is 1.